The first-order valence-corrected chi connectivity index (χ1v) is 6.59. The molecular formula is C13H24F2N2O2. The number of alkyl halides is 2. The van der Waals surface area contributed by atoms with Crippen LogP contribution in [0.2, 0.25) is 0 Å². The molecule has 19 heavy (non-hydrogen) atoms. The fourth-order valence-electron chi connectivity index (χ4n) is 2.44. The predicted molar refractivity (Wildman–Crippen MR) is 69.4 cm³/mol. The molecule has 0 heterocycles. The average molecular weight is 278 g/mol. The molecule has 0 spiro atoms. The topological polar surface area (TPSA) is 41.6 Å². The Balaban J connectivity index is 2.79. The van der Waals surface area contributed by atoms with Gasteiger partial charge in [-0.2, -0.15) is 0 Å². The molecule has 1 aliphatic carbocycles. The highest BCUT2D eigenvalue weighted by atomic mass is 19.3. The molecule has 112 valence electrons. The van der Waals surface area contributed by atoms with Gasteiger partial charge < -0.3 is 15.0 Å². The molecule has 4 nitrogen and oxygen atoms in total. The second kappa shape index (κ2) is 5.61. The van der Waals surface area contributed by atoms with E-state index in [2.05, 4.69) is 5.32 Å². The van der Waals surface area contributed by atoms with E-state index < -0.39 is 29.7 Å². The van der Waals surface area contributed by atoms with E-state index in [-0.39, 0.29) is 6.42 Å². The molecule has 2 atom stereocenters. The number of rotatable bonds is 2. The monoisotopic (exact) mass is 278 g/mol. The molecule has 0 saturated heterocycles. The summed E-state index contributed by atoms with van der Waals surface area (Å²) in [6.45, 7) is 5.26. The van der Waals surface area contributed by atoms with Gasteiger partial charge in [0.2, 0.25) is 0 Å². The molecule has 1 aliphatic rings. The van der Waals surface area contributed by atoms with E-state index in [1.54, 1.807) is 20.8 Å². The average Bonchev–Trinajstić information content (AvgIpc) is 2.24. The van der Waals surface area contributed by atoms with Crippen molar-refractivity contribution in [2.24, 2.45) is 0 Å². The highest BCUT2D eigenvalue weighted by molar-refractivity contribution is 5.68. The van der Waals surface area contributed by atoms with Crippen LogP contribution in [0.5, 0.6) is 0 Å². The fraction of sp³-hybridized carbons (Fsp3) is 0.923. The van der Waals surface area contributed by atoms with Crippen molar-refractivity contribution in [3.05, 3.63) is 0 Å². The molecular weight excluding hydrogens is 254 g/mol. The van der Waals surface area contributed by atoms with Crippen LogP contribution in [0.25, 0.3) is 0 Å². The molecule has 0 radical (unpaired) electrons. The third-order valence-electron chi connectivity index (χ3n) is 3.34. The van der Waals surface area contributed by atoms with Crippen molar-refractivity contribution in [3.8, 4) is 0 Å². The van der Waals surface area contributed by atoms with Gasteiger partial charge in [-0.25, -0.2) is 13.6 Å². The number of halogens is 2. The number of nitrogens with zero attached hydrogens (tertiary/aromatic N) is 1. The molecule has 0 bridgehead atoms. The maximum Gasteiger partial charge on any atom is 0.410 e. The van der Waals surface area contributed by atoms with E-state index in [4.69, 9.17) is 4.74 Å². The first-order valence-electron chi connectivity index (χ1n) is 6.59. The molecule has 0 aromatic carbocycles. The zero-order chi connectivity index (χ0) is 14.8. The Kier molecular flexibility index (Phi) is 4.76. The molecule has 1 N–H and O–H groups in total. The normalized spacial score (nSPS) is 26.9. The van der Waals surface area contributed by atoms with Gasteiger partial charge in [-0.3, -0.25) is 0 Å². The lowest BCUT2D eigenvalue weighted by molar-refractivity contribution is -0.0897. The van der Waals surface area contributed by atoms with Gasteiger partial charge in [0.1, 0.15) is 5.60 Å². The van der Waals surface area contributed by atoms with Crippen LogP contribution in [0.3, 0.4) is 0 Å². The summed E-state index contributed by atoms with van der Waals surface area (Å²) in [5.74, 6) is -2.80. The molecule has 2 unspecified atom stereocenters. The summed E-state index contributed by atoms with van der Waals surface area (Å²) in [6, 6.07) is -1.58. The molecule has 1 saturated carbocycles. The number of carbonyl (C=O) groups excluding carboxylic acids is 1. The van der Waals surface area contributed by atoms with Gasteiger partial charge >= 0.3 is 6.09 Å². The summed E-state index contributed by atoms with van der Waals surface area (Å²) >= 11 is 0. The maximum atomic E-state index is 13.8. The Hall–Kier alpha value is -0.910. The van der Waals surface area contributed by atoms with Gasteiger partial charge in [0.15, 0.2) is 0 Å². The summed E-state index contributed by atoms with van der Waals surface area (Å²) < 4.78 is 32.9. The van der Waals surface area contributed by atoms with Gasteiger partial charge in [-0.05, 0) is 40.7 Å². The quantitative estimate of drug-likeness (QED) is 0.844. The van der Waals surface area contributed by atoms with Crippen molar-refractivity contribution in [1.82, 2.24) is 10.2 Å². The van der Waals surface area contributed by atoms with Crippen molar-refractivity contribution in [1.29, 1.82) is 0 Å². The number of carbonyl (C=O) groups is 1. The van der Waals surface area contributed by atoms with Crippen LogP contribution in [0.1, 0.15) is 40.0 Å². The van der Waals surface area contributed by atoms with E-state index in [1.807, 2.05) is 0 Å². The van der Waals surface area contributed by atoms with Crippen molar-refractivity contribution in [2.45, 2.75) is 63.6 Å². The lowest BCUT2D eigenvalue weighted by Crippen LogP contribution is -2.60. The summed E-state index contributed by atoms with van der Waals surface area (Å²) in [6.07, 6.45) is 0.257. The predicted octanol–water partition coefficient (Wildman–Crippen LogP) is 2.63. The zero-order valence-electron chi connectivity index (χ0n) is 12.3. The Labute approximate surface area is 113 Å². The number of ether oxygens (including phenoxy) is 1. The SMILES string of the molecule is CNC1C(N(C)C(=O)OC(C)(C)C)CCCC1(F)F. The summed E-state index contributed by atoms with van der Waals surface area (Å²) in [7, 11) is 3.02. The van der Waals surface area contributed by atoms with Gasteiger partial charge in [0, 0.05) is 13.5 Å². The van der Waals surface area contributed by atoms with Crippen LogP contribution in [0.15, 0.2) is 0 Å². The lowest BCUT2D eigenvalue weighted by Gasteiger charge is -2.42. The molecule has 1 rings (SSSR count). The fourth-order valence-corrected chi connectivity index (χ4v) is 2.44. The maximum absolute atomic E-state index is 13.8. The Bertz CT molecular complexity index is 329. The highest BCUT2D eigenvalue weighted by Crippen LogP contribution is 2.35. The van der Waals surface area contributed by atoms with Crippen LogP contribution < -0.4 is 5.32 Å². The van der Waals surface area contributed by atoms with Crippen LogP contribution in [0.4, 0.5) is 13.6 Å². The zero-order valence-corrected chi connectivity index (χ0v) is 12.3. The molecule has 0 aromatic rings. The smallest absolute Gasteiger partial charge is 0.410 e. The van der Waals surface area contributed by atoms with Crippen molar-refractivity contribution < 1.29 is 18.3 Å². The minimum atomic E-state index is -2.80. The number of likely N-dealkylation sites (N-methyl/N-ethyl adjacent to an activating group) is 2. The second-order valence-electron chi connectivity index (χ2n) is 6.08. The molecule has 1 amide bonds. The minimum Gasteiger partial charge on any atom is -0.444 e. The third kappa shape index (κ3) is 4.03. The summed E-state index contributed by atoms with van der Waals surface area (Å²) in [4.78, 5) is 13.3. The van der Waals surface area contributed by atoms with E-state index in [0.29, 0.717) is 12.8 Å². The van der Waals surface area contributed by atoms with Crippen LogP contribution in [-0.2, 0) is 4.74 Å². The van der Waals surface area contributed by atoms with E-state index >= 15 is 0 Å². The van der Waals surface area contributed by atoms with Crippen molar-refractivity contribution in [2.75, 3.05) is 14.1 Å². The molecule has 0 aromatic heterocycles. The minimum absolute atomic E-state index is 0.142. The largest absolute Gasteiger partial charge is 0.444 e. The number of amides is 1. The summed E-state index contributed by atoms with van der Waals surface area (Å²) in [5.41, 5.74) is -0.627. The first kappa shape index (κ1) is 16.1. The van der Waals surface area contributed by atoms with Gasteiger partial charge in [0.25, 0.3) is 5.92 Å². The Morgan fingerprint density at radius 1 is 1.42 bits per heavy atom. The number of nitrogens with one attached hydrogen (secondary N) is 1. The number of hydrogen-bond donors (Lipinski definition) is 1. The lowest BCUT2D eigenvalue weighted by atomic mass is 9.86. The van der Waals surface area contributed by atoms with E-state index in [0.717, 1.165) is 0 Å². The third-order valence-corrected chi connectivity index (χ3v) is 3.34. The van der Waals surface area contributed by atoms with Crippen molar-refractivity contribution in [3.63, 3.8) is 0 Å². The van der Waals surface area contributed by atoms with Crippen LogP contribution in [0, 0.1) is 0 Å². The Morgan fingerprint density at radius 3 is 2.47 bits per heavy atom. The van der Waals surface area contributed by atoms with Crippen molar-refractivity contribution >= 4 is 6.09 Å². The van der Waals surface area contributed by atoms with Gasteiger partial charge in [0.05, 0.1) is 12.1 Å². The standard InChI is InChI=1S/C13H24F2N2O2/c1-12(2,3)19-11(18)17(5)9-7-6-8-13(14,15)10(9)16-4/h9-10,16H,6-8H2,1-5H3. The molecule has 0 aliphatic heterocycles. The van der Waals surface area contributed by atoms with Crippen LogP contribution in [-0.4, -0.2) is 48.7 Å². The van der Waals surface area contributed by atoms with E-state index in [9.17, 15) is 13.6 Å². The highest BCUT2D eigenvalue weighted by Gasteiger charge is 2.48. The first-order chi connectivity index (χ1) is 8.58. The van der Waals surface area contributed by atoms with Crippen LogP contribution >= 0.6 is 0 Å². The second-order valence-corrected chi connectivity index (χ2v) is 6.08. The number of hydrogen-bond acceptors (Lipinski definition) is 3. The van der Waals surface area contributed by atoms with Gasteiger partial charge in [-0.1, -0.05) is 0 Å². The summed E-state index contributed by atoms with van der Waals surface area (Å²) in [5, 5.41) is 2.64. The van der Waals surface area contributed by atoms with Gasteiger partial charge in [-0.15, -0.1) is 0 Å². The van der Waals surface area contributed by atoms with E-state index in [1.165, 1.54) is 19.0 Å². The molecule has 1 fully saturated rings. The molecule has 6 heteroatoms. The Morgan fingerprint density at radius 2 is 2.00 bits per heavy atom.